The number of rotatable bonds is 3. The van der Waals surface area contributed by atoms with E-state index < -0.39 is 0 Å². The third-order valence-electron chi connectivity index (χ3n) is 4.78. The van der Waals surface area contributed by atoms with Crippen LogP contribution in [-0.4, -0.2) is 14.5 Å². The normalized spacial score (nSPS) is 14.1. The fourth-order valence-corrected chi connectivity index (χ4v) is 3.91. The summed E-state index contributed by atoms with van der Waals surface area (Å²) >= 11 is 5.34. The summed E-state index contributed by atoms with van der Waals surface area (Å²) in [5.41, 5.74) is 4.63. The van der Waals surface area contributed by atoms with Gasteiger partial charge in [-0.3, -0.25) is 9.55 Å². The second-order valence-corrected chi connectivity index (χ2v) is 6.56. The highest BCUT2D eigenvalue weighted by atomic mass is 32.1. The van der Waals surface area contributed by atoms with Gasteiger partial charge in [-0.15, -0.1) is 0 Å². The first kappa shape index (κ1) is 14.5. The molecule has 2 aromatic heterocycles. The Bertz CT molecular complexity index is 980. The van der Waals surface area contributed by atoms with Gasteiger partial charge in [-0.05, 0) is 43.7 Å². The Balaban J connectivity index is 1.70. The highest BCUT2D eigenvalue weighted by Crippen LogP contribution is 2.22. The fraction of sp³-hybridized carbons (Fsp3) is 0.333. The summed E-state index contributed by atoms with van der Waals surface area (Å²) in [5, 5.41) is 1.23. The van der Waals surface area contributed by atoms with Crippen LogP contribution in [-0.2, 0) is 25.8 Å². The molecule has 0 saturated heterocycles. The van der Waals surface area contributed by atoms with Crippen molar-refractivity contribution in [1.29, 1.82) is 0 Å². The Hall–Kier alpha value is -2.14. The van der Waals surface area contributed by atoms with E-state index in [1.807, 2.05) is 22.9 Å². The number of hydrogen-bond acceptors (Lipinski definition) is 2. The number of H-pyrrole nitrogens is 2. The van der Waals surface area contributed by atoms with Crippen LogP contribution in [0.3, 0.4) is 0 Å². The van der Waals surface area contributed by atoms with Crippen molar-refractivity contribution >= 4 is 23.1 Å². The average molecular weight is 325 g/mol. The molecule has 4 nitrogen and oxygen atoms in total. The number of aryl methyl sites for hydroxylation is 1. The van der Waals surface area contributed by atoms with Gasteiger partial charge in [-0.25, -0.2) is 4.79 Å². The number of para-hydroxylation sites is 1. The van der Waals surface area contributed by atoms with Gasteiger partial charge in [0.15, 0.2) is 0 Å². The number of nitrogens with one attached hydrogen (secondary N) is 2. The van der Waals surface area contributed by atoms with Gasteiger partial charge in [-0.1, -0.05) is 30.4 Å². The highest BCUT2D eigenvalue weighted by molar-refractivity contribution is 7.71. The average Bonchev–Trinajstić information content (AvgIpc) is 2.98. The molecule has 2 N–H and O–H groups in total. The monoisotopic (exact) mass is 325 g/mol. The molecule has 0 amide bonds. The predicted octanol–water partition coefficient (Wildman–Crippen LogP) is 3.51. The molecular weight excluding hydrogens is 306 g/mol. The molecule has 4 rings (SSSR count). The first-order valence-electron chi connectivity index (χ1n) is 8.14. The summed E-state index contributed by atoms with van der Waals surface area (Å²) in [6, 6.07) is 8.28. The number of aromatic nitrogens is 3. The van der Waals surface area contributed by atoms with Gasteiger partial charge in [0.05, 0.1) is 0 Å². The van der Waals surface area contributed by atoms with Gasteiger partial charge in [0.1, 0.15) is 4.64 Å². The van der Waals surface area contributed by atoms with Crippen molar-refractivity contribution in [3.8, 4) is 0 Å². The fourth-order valence-electron chi connectivity index (χ4n) is 3.60. The first-order chi connectivity index (χ1) is 11.2. The summed E-state index contributed by atoms with van der Waals surface area (Å²) in [7, 11) is 0. The van der Waals surface area contributed by atoms with Gasteiger partial charge in [0.2, 0.25) is 0 Å². The van der Waals surface area contributed by atoms with E-state index in [9.17, 15) is 4.79 Å². The zero-order valence-corrected chi connectivity index (χ0v) is 13.7. The van der Waals surface area contributed by atoms with Crippen LogP contribution in [0.5, 0.6) is 0 Å². The third kappa shape index (κ3) is 2.55. The zero-order valence-electron chi connectivity index (χ0n) is 12.9. The van der Waals surface area contributed by atoms with Crippen LogP contribution >= 0.6 is 12.2 Å². The molecule has 1 aromatic carbocycles. The Morgan fingerprint density at radius 1 is 1.17 bits per heavy atom. The smallest absolute Gasteiger partial charge is 0.326 e. The molecule has 1 aliphatic rings. The lowest BCUT2D eigenvalue weighted by Crippen LogP contribution is -2.30. The number of nitrogens with zero attached hydrogens (tertiary/aromatic N) is 1. The highest BCUT2D eigenvalue weighted by Gasteiger charge is 2.16. The molecule has 0 atom stereocenters. The minimum absolute atomic E-state index is 0.0736. The van der Waals surface area contributed by atoms with Gasteiger partial charge in [0.25, 0.3) is 0 Å². The van der Waals surface area contributed by atoms with Gasteiger partial charge in [0, 0.05) is 34.9 Å². The predicted molar refractivity (Wildman–Crippen MR) is 94.5 cm³/mol. The maximum absolute atomic E-state index is 12.4. The van der Waals surface area contributed by atoms with Crippen molar-refractivity contribution in [3.05, 3.63) is 62.4 Å². The molecule has 0 radical (unpaired) electrons. The van der Waals surface area contributed by atoms with Crippen molar-refractivity contribution in [1.82, 2.24) is 14.5 Å². The summed E-state index contributed by atoms with van der Waals surface area (Å²) in [4.78, 5) is 18.5. The lowest BCUT2D eigenvalue weighted by molar-refractivity contribution is 0.556. The number of benzene rings is 1. The van der Waals surface area contributed by atoms with Gasteiger partial charge < -0.3 is 4.98 Å². The van der Waals surface area contributed by atoms with Crippen molar-refractivity contribution < 1.29 is 0 Å². The maximum Gasteiger partial charge on any atom is 0.326 e. The molecule has 5 heteroatoms. The van der Waals surface area contributed by atoms with E-state index in [0.717, 1.165) is 43.3 Å². The second kappa shape index (κ2) is 5.81. The van der Waals surface area contributed by atoms with E-state index in [-0.39, 0.29) is 5.69 Å². The molecule has 118 valence electrons. The summed E-state index contributed by atoms with van der Waals surface area (Å²) in [5.74, 6) is 0. The molecule has 0 spiro atoms. The summed E-state index contributed by atoms with van der Waals surface area (Å²) in [6.07, 6.45) is 7.12. The molecule has 0 saturated carbocycles. The standard InChI is InChI=1S/C18H19N3OS/c22-18-20-17(23)14-6-2-4-8-16(14)21(18)10-9-12-11-19-15-7-3-1-5-13(12)15/h1,3,5,7,11,19H,2,4,6,8-10H2,(H,20,22,23). The van der Waals surface area contributed by atoms with E-state index in [2.05, 4.69) is 22.1 Å². The molecule has 3 aromatic rings. The van der Waals surface area contributed by atoms with Crippen LogP contribution < -0.4 is 5.69 Å². The van der Waals surface area contributed by atoms with Crippen LogP contribution in [0.4, 0.5) is 0 Å². The van der Waals surface area contributed by atoms with E-state index in [1.165, 1.54) is 16.5 Å². The molecule has 0 bridgehead atoms. The summed E-state index contributed by atoms with van der Waals surface area (Å²) in [6.45, 7) is 0.690. The Morgan fingerprint density at radius 3 is 2.91 bits per heavy atom. The van der Waals surface area contributed by atoms with Gasteiger partial charge >= 0.3 is 5.69 Å². The Morgan fingerprint density at radius 2 is 2.00 bits per heavy atom. The van der Waals surface area contributed by atoms with Crippen LogP contribution in [0.15, 0.2) is 35.3 Å². The van der Waals surface area contributed by atoms with Crippen LogP contribution in [0.1, 0.15) is 29.7 Å². The maximum atomic E-state index is 12.4. The third-order valence-corrected chi connectivity index (χ3v) is 5.13. The number of hydrogen-bond donors (Lipinski definition) is 2. The van der Waals surface area contributed by atoms with Gasteiger partial charge in [-0.2, -0.15) is 0 Å². The van der Waals surface area contributed by atoms with Crippen LogP contribution in [0.2, 0.25) is 0 Å². The molecule has 2 heterocycles. The SMILES string of the molecule is O=c1[nH]c(=S)c2c(n1CCc1c[nH]c3ccccc13)CCCC2. The molecule has 0 fully saturated rings. The Labute approximate surface area is 139 Å². The molecular formula is C18H19N3OS. The molecule has 23 heavy (non-hydrogen) atoms. The first-order valence-corrected chi connectivity index (χ1v) is 8.55. The number of fused-ring (bicyclic) bond motifs is 2. The van der Waals surface area contributed by atoms with Crippen LogP contribution in [0.25, 0.3) is 10.9 Å². The lowest BCUT2D eigenvalue weighted by atomic mass is 9.97. The van der Waals surface area contributed by atoms with E-state index in [4.69, 9.17) is 12.2 Å². The minimum Gasteiger partial charge on any atom is -0.361 e. The molecule has 0 aliphatic heterocycles. The summed E-state index contributed by atoms with van der Waals surface area (Å²) < 4.78 is 2.53. The number of aromatic amines is 2. The Kier molecular flexibility index (Phi) is 3.65. The molecule has 0 unspecified atom stereocenters. The largest absolute Gasteiger partial charge is 0.361 e. The van der Waals surface area contributed by atoms with E-state index in [0.29, 0.717) is 11.2 Å². The van der Waals surface area contributed by atoms with Crippen molar-refractivity contribution in [2.24, 2.45) is 0 Å². The van der Waals surface area contributed by atoms with Crippen LogP contribution in [0, 0.1) is 4.64 Å². The van der Waals surface area contributed by atoms with Crippen molar-refractivity contribution in [2.75, 3.05) is 0 Å². The zero-order chi connectivity index (χ0) is 15.8. The van der Waals surface area contributed by atoms with Crippen molar-refractivity contribution in [2.45, 2.75) is 38.6 Å². The van der Waals surface area contributed by atoms with Crippen molar-refractivity contribution in [3.63, 3.8) is 0 Å². The minimum atomic E-state index is -0.0736. The van der Waals surface area contributed by atoms with E-state index in [1.54, 1.807) is 0 Å². The molecule has 1 aliphatic carbocycles. The topological polar surface area (TPSA) is 53.6 Å². The van der Waals surface area contributed by atoms with E-state index >= 15 is 0 Å². The lowest BCUT2D eigenvalue weighted by Gasteiger charge is -2.20. The quantitative estimate of drug-likeness (QED) is 0.724. The second-order valence-electron chi connectivity index (χ2n) is 6.15.